The first kappa shape index (κ1) is 13.2. The fraction of sp³-hybridized carbons (Fsp3) is 0.417. The molecule has 0 aliphatic carbocycles. The van der Waals surface area contributed by atoms with Crippen molar-refractivity contribution in [2.45, 2.75) is 20.3 Å². The van der Waals surface area contributed by atoms with E-state index in [-0.39, 0.29) is 17.3 Å². The molecule has 0 aliphatic heterocycles. The summed E-state index contributed by atoms with van der Waals surface area (Å²) in [5.41, 5.74) is 0.00941. The molecule has 0 spiro atoms. The number of carbonyl (C=O) groups excluding carboxylic acids is 1. The molecule has 1 heterocycles. The van der Waals surface area contributed by atoms with Gasteiger partial charge in [0.1, 0.15) is 11.4 Å². The predicted octanol–water partition coefficient (Wildman–Crippen LogP) is 1.56. The van der Waals surface area contributed by atoms with Crippen LogP contribution in [-0.4, -0.2) is 28.5 Å². The Morgan fingerprint density at radius 1 is 1.35 bits per heavy atom. The van der Waals surface area contributed by atoms with E-state index in [4.69, 9.17) is 5.11 Å². The summed E-state index contributed by atoms with van der Waals surface area (Å²) in [7, 11) is 0. The van der Waals surface area contributed by atoms with Gasteiger partial charge < -0.3 is 10.4 Å². The third-order valence-electron chi connectivity index (χ3n) is 2.21. The van der Waals surface area contributed by atoms with E-state index >= 15 is 0 Å². The van der Waals surface area contributed by atoms with Gasteiger partial charge in [0.2, 0.25) is 0 Å². The maximum atomic E-state index is 11.6. The minimum atomic E-state index is -1.14. The van der Waals surface area contributed by atoms with E-state index in [0.29, 0.717) is 12.5 Å². The molecule has 92 valence electrons. The van der Waals surface area contributed by atoms with Crippen molar-refractivity contribution in [3.05, 3.63) is 29.6 Å². The van der Waals surface area contributed by atoms with Crippen molar-refractivity contribution in [3.8, 4) is 0 Å². The molecule has 0 bridgehead atoms. The van der Waals surface area contributed by atoms with Crippen molar-refractivity contribution >= 4 is 11.9 Å². The van der Waals surface area contributed by atoms with Gasteiger partial charge in [0.25, 0.3) is 5.91 Å². The van der Waals surface area contributed by atoms with Crippen molar-refractivity contribution in [1.82, 2.24) is 10.3 Å². The molecule has 5 heteroatoms. The summed E-state index contributed by atoms with van der Waals surface area (Å²) in [6, 6.07) is 4.36. The zero-order valence-electron chi connectivity index (χ0n) is 9.93. The van der Waals surface area contributed by atoms with Crippen molar-refractivity contribution in [2.24, 2.45) is 5.92 Å². The molecule has 1 amide bonds. The monoisotopic (exact) mass is 236 g/mol. The molecule has 0 saturated heterocycles. The van der Waals surface area contributed by atoms with Crippen molar-refractivity contribution in [3.63, 3.8) is 0 Å². The number of carboxylic acids is 1. The van der Waals surface area contributed by atoms with Crippen molar-refractivity contribution in [2.75, 3.05) is 6.54 Å². The van der Waals surface area contributed by atoms with Gasteiger partial charge in [-0.2, -0.15) is 0 Å². The van der Waals surface area contributed by atoms with Gasteiger partial charge in [0, 0.05) is 6.54 Å². The Balaban J connectivity index is 2.63. The predicted molar refractivity (Wildman–Crippen MR) is 63.0 cm³/mol. The van der Waals surface area contributed by atoms with Gasteiger partial charge in [-0.1, -0.05) is 19.9 Å². The second-order valence-corrected chi connectivity index (χ2v) is 4.15. The number of pyridine rings is 1. The second kappa shape index (κ2) is 5.98. The molecule has 0 radical (unpaired) electrons. The fourth-order valence-electron chi connectivity index (χ4n) is 1.25. The van der Waals surface area contributed by atoms with E-state index in [1.165, 1.54) is 18.2 Å². The molecule has 0 aliphatic rings. The van der Waals surface area contributed by atoms with Crippen LogP contribution in [0.1, 0.15) is 41.2 Å². The van der Waals surface area contributed by atoms with E-state index in [9.17, 15) is 9.59 Å². The van der Waals surface area contributed by atoms with E-state index in [2.05, 4.69) is 24.1 Å². The highest BCUT2D eigenvalue weighted by molar-refractivity contribution is 5.94. The van der Waals surface area contributed by atoms with Crippen LogP contribution < -0.4 is 5.32 Å². The molecule has 1 aromatic heterocycles. The van der Waals surface area contributed by atoms with E-state index in [1.807, 2.05) is 0 Å². The molecule has 1 aromatic rings. The SMILES string of the molecule is CC(C)CCNC(=O)c1cccc(C(=O)O)n1. The van der Waals surface area contributed by atoms with Gasteiger partial charge in [-0.15, -0.1) is 0 Å². The van der Waals surface area contributed by atoms with Crippen molar-refractivity contribution < 1.29 is 14.7 Å². The molecular formula is C12H16N2O3. The molecule has 0 unspecified atom stereocenters. The fourth-order valence-corrected chi connectivity index (χ4v) is 1.25. The normalized spacial score (nSPS) is 10.3. The summed E-state index contributed by atoms with van der Waals surface area (Å²) in [6.45, 7) is 4.69. The number of amides is 1. The Bertz CT molecular complexity index is 416. The first-order chi connectivity index (χ1) is 8.00. The Morgan fingerprint density at radius 3 is 2.59 bits per heavy atom. The van der Waals surface area contributed by atoms with Gasteiger partial charge in [0.15, 0.2) is 0 Å². The highest BCUT2D eigenvalue weighted by Crippen LogP contribution is 2.01. The molecule has 0 atom stereocenters. The number of carboxylic acid groups (broad SMARTS) is 1. The molecule has 2 N–H and O–H groups in total. The first-order valence-corrected chi connectivity index (χ1v) is 5.49. The van der Waals surface area contributed by atoms with Crippen LogP contribution in [0.4, 0.5) is 0 Å². The van der Waals surface area contributed by atoms with Crippen LogP contribution in [0.3, 0.4) is 0 Å². The summed E-state index contributed by atoms with van der Waals surface area (Å²) in [6.07, 6.45) is 0.879. The number of nitrogens with one attached hydrogen (secondary N) is 1. The van der Waals surface area contributed by atoms with Gasteiger partial charge in [-0.25, -0.2) is 9.78 Å². The Morgan fingerprint density at radius 2 is 2.00 bits per heavy atom. The number of hydrogen-bond acceptors (Lipinski definition) is 3. The molecule has 17 heavy (non-hydrogen) atoms. The number of aromatic nitrogens is 1. The van der Waals surface area contributed by atoms with Crippen LogP contribution in [0.2, 0.25) is 0 Å². The summed E-state index contributed by atoms with van der Waals surface area (Å²) in [5, 5.41) is 11.4. The highest BCUT2D eigenvalue weighted by Gasteiger charge is 2.10. The molecule has 1 rings (SSSR count). The van der Waals surface area contributed by atoms with Crippen LogP contribution >= 0.6 is 0 Å². The summed E-state index contributed by atoms with van der Waals surface area (Å²) >= 11 is 0. The number of carbonyl (C=O) groups is 2. The number of aromatic carboxylic acids is 1. The second-order valence-electron chi connectivity index (χ2n) is 4.15. The lowest BCUT2D eigenvalue weighted by molar-refractivity contribution is 0.0690. The van der Waals surface area contributed by atoms with Gasteiger partial charge in [-0.05, 0) is 24.5 Å². The quantitative estimate of drug-likeness (QED) is 0.813. The third-order valence-corrected chi connectivity index (χ3v) is 2.21. The minimum Gasteiger partial charge on any atom is -0.477 e. The molecular weight excluding hydrogens is 220 g/mol. The minimum absolute atomic E-state index is 0.124. The van der Waals surface area contributed by atoms with Crippen LogP contribution in [0.25, 0.3) is 0 Å². The molecule has 0 fully saturated rings. The van der Waals surface area contributed by atoms with Crippen LogP contribution in [0.15, 0.2) is 18.2 Å². The van der Waals surface area contributed by atoms with Gasteiger partial charge >= 0.3 is 5.97 Å². The van der Waals surface area contributed by atoms with Gasteiger partial charge in [0.05, 0.1) is 0 Å². The smallest absolute Gasteiger partial charge is 0.354 e. The number of nitrogens with zero attached hydrogens (tertiary/aromatic N) is 1. The van der Waals surface area contributed by atoms with E-state index in [1.54, 1.807) is 0 Å². The average Bonchev–Trinajstić information content (AvgIpc) is 2.28. The van der Waals surface area contributed by atoms with Gasteiger partial charge in [-0.3, -0.25) is 4.79 Å². The van der Waals surface area contributed by atoms with Crippen LogP contribution in [0, 0.1) is 5.92 Å². The van der Waals surface area contributed by atoms with Crippen molar-refractivity contribution in [1.29, 1.82) is 0 Å². The zero-order chi connectivity index (χ0) is 12.8. The molecule has 0 aromatic carbocycles. The Hall–Kier alpha value is -1.91. The number of hydrogen-bond donors (Lipinski definition) is 2. The standard InChI is InChI=1S/C12H16N2O3/c1-8(2)6-7-13-11(15)9-4-3-5-10(14-9)12(16)17/h3-5,8H,6-7H2,1-2H3,(H,13,15)(H,16,17). The largest absolute Gasteiger partial charge is 0.477 e. The van der Waals surface area contributed by atoms with Crippen LogP contribution in [0.5, 0.6) is 0 Å². The lowest BCUT2D eigenvalue weighted by Gasteiger charge is -2.06. The maximum Gasteiger partial charge on any atom is 0.354 e. The summed E-state index contributed by atoms with van der Waals surface area (Å²) < 4.78 is 0. The zero-order valence-corrected chi connectivity index (χ0v) is 9.93. The first-order valence-electron chi connectivity index (χ1n) is 5.49. The maximum absolute atomic E-state index is 11.6. The van der Waals surface area contributed by atoms with E-state index in [0.717, 1.165) is 6.42 Å². The summed E-state index contributed by atoms with van der Waals surface area (Å²) in [5.74, 6) is -0.968. The lowest BCUT2D eigenvalue weighted by atomic mass is 10.1. The molecule has 0 saturated carbocycles. The van der Waals surface area contributed by atoms with Crippen LogP contribution in [-0.2, 0) is 0 Å². The van der Waals surface area contributed by atoms with E-state index < -0.39 is 5.97 Å². The highest BCUT2D eigenvalue weighted by atomic mass is 16.4. The lowest BCUT2D eigenvalue weighted by Crippen LogP contribution is -2.26. The molecule has 5 nitrogen and oxygen atoms in total. The average molecular weight is 236 g/mol. The Kier molecular flexibility index (Phi) is 4.63. The topological polar surface area (TPSA) is 79.3 Å². The Labute approximate surface area is 99.9 Å². The third kappa shape index (κ3) is 4.22. The number of rotatable bonds is 5. The summed E-state index contributed by atoms with van der Waals surface area (Å²) in [4.78, 5) is 26.1.